The van der Waals surface area contributed by atoms with Crippen LogP contribution in [0.3, 0.4) is 0 Å². The standard InChI is InChI=1S/C28H25BrFIN4O4/c1-4-16(2)27-34-22-10-9-18(29)13-19(22)28(37)35(27)32-14-17-11-21(31)26(24(12-17)38-3)39-15-25(36)33-23-8-6-5-7-20(23)30/h5-14,16H,4,15H2,1-3H3,(H,33,36)/t16-/m1/s1. The molecule has 0 spiro atoms. The van der Waals surface area contributed by atoms with Crippen molar-refractivity contribution in [3.63, 3.8) is 0 Å². The summed E-state index contributed by atoms with van der Waals surface area (Å²) in [6, 6.07) is 14.8. The van der Waals surface area contributed by atoms with Gasteiger partial charge in [-0.1, -0.05) is 41.9 Å². The van der Waals surface area contributed by atoms with Gasteiger partial charge in [0, 0.05) is 10.4 Å². The molecule has 0 saturated carbocycles. The number of rotatable bonds is 9. The highest BCUT2D eigenvalue weighted by atomic mass is 127. The van der Waals surface area contributed by atoms with Crippen molar-refractivity contribution >= 4 is 67.2 Å². The van der Waals surface area contributed by atoms with E-state index in [2.05, 4.69) is 48.9 Å². The minimum atomic E-state index is -0.536. The lowest BCUT2D eigenvalue weighted by Crippen LogP contribution is -2.23. The highest BCUT2D eigenvalue weighted by Crippen LogP contribution is 2.33. The van der Waals surface area contributed by atoms with E-state index in [1.807, 2.05) is 26.0 Å². The monoisotopic (exact) mass is 706 g/mol. The quantitative estimate of drug-likeness (QED) is 0.162. The molecule has 1 heterocycles. The Morgan fingerprint density at radius 3 is 2.74 bits per heavy atom. The second kappa shape index (κ2) is 12.7. The Bertz CT molecular complexity index is 1630. The van der Waals surface area contributed by atoms with Crippen LogP contribution >= 0.6 is 38.5 Å². The molecule has 0 aliphatic rings. The van der Waals surface area contributed by atoms with E-state index in [4.69, 9.17) is 14.5 Å². The van der Waals surface area contributed by atoms with Gasteiger partial charge in [0.05, 0.1) is 33.5 Å². The molecule has 1 aromatic heterocycles. The Hall–Kier alpha value is -3.32. The van der Waals surface area contributed by atoms with Gasteiger partial charge in [-0.25, -0.2) is 9.37 Å². The van der Waals surface area contributed by atoms with Crippen molar-refractivity contribution in [2.24, 2.45) is 5.10 Å². The molecule has 202 valence electrons. The number of methoxy groups -OCH3 is 1. The van der Waals surface area contributed by atoms with Crippen molar-refractivity contribution in [1.82, 2.24) is 9.66 Å². The molecule has 3 aromatic carbocycles. The number of carbonyl (C=O) groups is 1. The topological polar surface area (TPSA) is 94.8 Å². The van der Waals surface area contributed by atoms with Crippen LogP contribution in [0.1, 0.15) is 37.6 Å². The second-order valence-corrected chi connectivity index (χ2v) is 10.7. The number of nitrogens with one attached hydrogen (secondary N) is 1. The molecule has 0 radical (unpaired) electrons. The van der Waals surface area contributed by atoms with E-state index < -0.39 is 11.7 Å². The van der Waals surface area contributed by atoms with E-state index in [9.17, 15) is 14.0 Å². The maximum atomic E-state index is 13.8. The third kappa shape index (κ3) is 6.64. The normalized spacial score (nSPS) is 12.1. The number of amides is 1. The van der Waals surface area contributed by atoms with Gasteiger partial charge in [-0.3, -0.25) is 9.59 Å². The van der Waals surface area contributed by atoms with Gasteiger partial charge in [0.15, 0.2) is 18.1 Å². The summed E-state index contributed by atoms with van der Waals surface area (Å²) in [6.07, 6.45) is 2.34. The Balaban J connectivity index is 1.61. The summed E-state index contributed by atoms with van der Waals surface area (Å²) >= 11 is 5.48. The summed E-state index contributed by atoms with van der Waals surface area (Å²) in [5.74, 6) is 0.244. The van der Waals surface area contributed by atoms with Crippen LogP contribution in [-0.4, -0.2) is 35.5 Å². The molecule has 8 nitrogen and oxygen atoms in total. The fourth-order valence-electron chi connectivity index (χ4n) is 3.74. The van der Waals surface area contributed by atoms with E-state index >= 15 is 0 Å². The number of hydrogen-bond acceptors (Lipinski definition) is 6. The first kappa shape index (κ1) is 28.7. The predicted molar refractivity (Wildman–Crippen MR) is 162 cm³/mol. The van der Waals surface area contributed by atoms with Crippen molar-refractivity contribution in [3.05, 3.63) is 90.2 Å². The van der Waals surface area contributed by atoms with Crippen LogP contribution in [0.25, 0.3) is 10.9 Å². The van der Waals surface area contributed by atoms with E-state index in [0.29, 0.717) is 37.4 Å². The van der Waals surface area contributed by atoms with E-state index in [0.717, 1.165) is 10.9 Å². The largest absolute Gasteiger partial charge is 0.493 e. The molecule has 0 aliphatic heterocycles. The number of aromatic nitrogens is 2. The summed E-state index contributed by atoms with van der Waals surface area (Å²) in [4.78, 5) is 30.4. The summed E-state index contributed by atoms with van der Waals surface area (Å²) in [5, 5.41) is 7.44. The molecule has 1 amide bonds. The first-order valence-electron chi connectivity index (χ1n) is 12.0. The number of hydrogen-bond donors (Lipinski definition) is 1. The molecule has 1 N–H and O–H groups in total. The van der Waals surface area contributed by atoms with Gasteiger partial charge in [-0.05, 0) is 77.0 Å². The zero-order valence-corrected chi connectivity index (χ0v) is 25.1. The number of para-hydroxylation sites is 1. The van der Waals surface area contributed by atoms with Crippen molar-refractivity contribution in [2.75, 3.05) is 19.0 Å². The smallest absolute Gasteiger partial charge is 0.282 e. The molecule has 4 rings (SSSR count). The van der Waals surface area contributed by atoms with Crippen molar-refractivity contribution in [2.45, 2.75) is 26.2 Å². The minimum absolute atomic E-state index is 0.00357. The summed E-state index contributed by atoms with van der Waals surface area (Å²) < 4.78 is 27.8. The maximum Gasteiger partial charge on any atom is 0.282 e. The Labute approximate surface area is 246 Å². The van der Waals surface area contributed by atoms with Gasteiger partial charge >= 0.3 is 0 Å². The number of halogens is 3. The van der Waals surface area contributed by atoms with E-state index in [-0.39, 0.29) is 23.8 Å². The lowest BCUT2D eigenvalue weighted by Gasteiger charge is -2.15. The van der Waals surface area contributed by atoms with Crippen LogP contribution < -0.4 is 20.3 Å². The van der Waals surface area contributed by atoms with E-state index in [1.54, 1.807) is 30.5 Å². The summed E-state index contributed by atoms with van der Waals surface area (Å²) in [7, 11) is 1.48. The average molecular weight is 707 g/mol. The zero-order valence-electron chi connectivity index (χ0n) is 21.4. The van der Waals surface area contributed by atoms with Crippen molar-refractivity contribution in [1.29, 1.82) is 0 Å². The molecular weight excluding hydrogens is 682 g/mol. The third-order valence-corrected chi connectivity index (χ3v) is 7.25. The average Bonchev–Trinajstić information content (AvgIpc) is 2.92. The molecule has 0 saturated heterocycles. The van der Waals surface area contributed by atoms with Gasteiger partial charge in [-0.15, -0.1) is 0 Å². The molecule has 1 atom stereocenters. The lowest BCUT2D eigenvalue weighted by atomic mass is 10.1. The maximum absolute atomic E-state index is 13.8. The molecule has 0 fully saturated rings. The fraction of sp³-hybridized carbons (Fsp3) is 0.214. The lowest BCUT2D eigenvalue weighted by molar-refractivity contribution is -0.118. The van der Waals surface area contributed by atoms with Crippen LogP contribution in [0, 0.1) is 9.39 Å². The van der Waals surface area contributed by atoms with Crippen molar-refractivity contribution < 1.29 is 18.7 Å². The number of carbonyl (C=O) groups excluding carboxylic acids is 1. The minimum Gasteiger partial charge on any atom is -0.493 e. The molecule has 0 bridgehead atoms. The van der Waals surface area contributed by atoms with Crippen LogP contribution in [0.15, 0.2) is 69.0 Å². The number of anilines is 1. The molecule has 39 heavy (non-hydrogen) atoms. The highest BCUT2D eigenvalue weighted by Gasteiger charge is 2.17. The molecule has 11 heteroatoms. The van der Waals surface area contributed by atoms with Crippen LogP contribution in [0.2, 0.25) is 0 Å². The third-order valence-electron chi connectivity index (χ3n) is 5.96. The Kier molecular flexibility index (Phi) is 9.33. The van der Waals surface area contributed by atoms with Crippen LogP contribution in [0.5, 0.6) is 11.5 Å². The van der Waals surface area contributed by atoms with Gasteiger partial charge in [-0.2, -0.15) is 9.78 Å². The van der Waals surface area contributed by atoms with Gasteiger partial charge in [0.1, 0.15) is 11.6 Å². The highest BCUT2D eigenvalue weighted by molar-refractivity contribution is 14.1. The van der Waals surface area contributed by atoms with Crippen LogP contribution in [0.4, 0.5) is 10.1 Å². The predicted octanol–water partition coefficient (Wildman–Crippen LogP) is 6.32. The Morgan fingerprint density at radius 2 is 2.03 bits per heavy atom. The van der Waals surface area contributed by atoms with Gasteiger partial charge in [0.25, 0.3) is 11.5 Å². The summed E-state index contributed by atoms with van der Waals surface area (Å²) in [6.45, 7) is 3.68. The number of fused-ring (bicyclic) bond motifs is 1. The van der Waals surface area contributed by atoms with Gasteiger partial charge in [0.2, 0.25) is 0 Å². The number of nitrogens with zero attached hydrogens (tertiary/aromatic N) is 3. The molecular formula is C28H25BrFIN4O4. The fourth-order valence-corrected chi connectivity index (χ4v) is 4.89. The van der Waals surface area contributed by atoms with Gasteiger partial charge < -0.3 is 14.8 Å². The first-order valence-corrected chi connectivity index (χ1v) is 13.9. The number of benzene rings is 3. The van der Waals surface area contributed by atoms with Crippen LogP contribution in [-0.2, 0) is 4.79 Å². The SMILES string of the molecule is CC[C@@H](C)c1nc2ccc(Br)cc2c(=O)n1N=Cc1cc(I)c(OCC(=O)Nc2ccccc2F)c(OC)c1. The zero-order chi connectivity index (χ0) is 28.1. The molecule has 4 aromatic rings. The number of ether oxygens (including phenoxy) is 2. The Morgan fingerprint density at radius 1 is 1.26 bits per heavy atom. The molecule has 0 aliphatic carbocycles. The van der Waals surface area contributed by atoms with E-state index in [1.165, 1.54) is 30.0 Å². The second-order valence-electron chi connectivity index (χ2n) is 8.65. The van der Waals surface area contributed by atoms with Crippen molar-refractivity contribution in [3.8, 4) is 11.5 Å². The first-order chi connectivity index (χ1) is 18.7. The molecule has 0 unspecified atom stereocenters. The summed E-state index contributed by atoms with van der Waals surface area (Å²) in [5.41, 5.74) is 1.06.